The van der Waals surface area contributed by atoms with E-state index in [1.54, 1.807) is 33.9 Å². The van der Waals surface area contributed by atoms with Crippen molar-refractivity contribution >= 4 is 29.3 Å². The number of nitrogens with one attached hydrogen (secondary N) is 3. The van der Waals surface area contributed by atoms with Crippen molar-refractivity contribution in [3.05, 3.63) is 41.5 Å². The number of rotatable bonds is 9. The van der Waals surface area contributed by atoms with Crippen LogP contribution in [0.2, 0.25) is 0 Å². The average molecular weight is 487 g/mol. The van der Waals surface area contributed by atoms with Gasteiger partial charge in [-0.25, -0.2) is 14.2 Å². The first-order chi connectivity index (χ1) is 16.3. The molecule has 0 bridgehead atoms. The fourth-order valence-corrected chi connectivity index (χ4v) is 3.79. The van der Waals surface area contributed by atoms with Crippen molar-refractivity contribution in [2.24, 2.45) is 11.7 Å². The molecule has 2 aromatic heterocycles. The van der Waals surface area contributed by atoms with Crippen molar-refractivity contribution in [1.82, 2.24) is 15.3 Å². The number of hydrogen-bond donors (Lipinski definition) is 4. The van der Waals surface area contributed by atoms with E-state index >= 15 is 0 Å². The third-order valence-corrected chi connectivity index (χ3v) is 5.62. The van der Waals surface area contributed by atoms with Gasteiger partial charge in [-0.15, -0.1) is 0 Å². The van der Waals surface area contributed by atoms with Crippen LogP contribution >= 0.6 is 0 Å². The van der Waals surface area contributed by atoms with Gasteiger partial charge in [0.15, 0.2) is 11.6 Å². The summed E-state index contributed by atoms with van der Waals surface area (Å²) in [5.41, 5.74) is 6.50. The van der Waals surface area contributed by atoms with E-state index in [1.165, 1.54) is 0 Å². The smallest absolute Gasteiger partial charge is 0.407 e. The van der Waals surface area contributed by atoms with Gasteiger partial charge in [0.05, 0.1) is 17.4 Å². The molecule has 1 aliphatic rings. The fraction of sp³-hybridized carbons (Fsp3) is 0.520. The second-order valence-corrected chi connectivity index (χ2v) is 10.3. The highest BCUT2D eigenvalue weighted by molar-refractivity contribution is 5.98. The highest BCUT2D eigenvalue weighted by Crippen LogP contribution is 2.40. The minimum Gasteiger partial charge on any atom is -0.444 e. The van der Waals surface area contributed by atoms with E-state index in [0.717, 1.165) is 24.5 Å². The van der Waals surface area contributed by atoms with Crippen LogP contribution in [-0.4, -0.2) is 39.7 Å². The molecule has 190 valence electrons. The molecular formula is C25H35FN6O3. The van der Waals surface area contributed by atoms with Crippen LogP contribution in [0.4, 0.5) is 26.5 Å². The van der Waals surface area contributed by atoms with E-state index < -0.39 is 35.5 Å². The summed E-state index contributed by atoms with van der Waals surface area (Å²) in [4.78, 5) is 32.9. The second kappa shape index (κ2) is 10.5. The van der Waals surface area contributed by atoms with Crippen molar-refractivity contribution in [2.45, 2.75) is 78.0 Å². The SMILES string of the molecule is CC(C)[C@@H](Nc1nc(Nc2cncc(C3CC3)c2)c(C(N)=O)cc1F)[C@H](C)NC(=O)OC(C)(C)C. The standard InChI is InChI=1S/C25H35FN6O3/c1-13(2)20(14(3)29-24(34)35-25(4,5)6)31-23-19(26)10-18(21(27)33)22(32-23)30-17-9-16(11-28-12-17)15-7-8-15/h9-15,20H,7-8H2,1-6H3,(H2,27,33)(H,29,34)(H2,30,31,32)/t14-,20+/m0/s1. The topological polar surface area (TPSA) is 131 Å². The number of amides is 2. The maximum Gasteiger partial charge on any atom is 0.407 e. The Morgan fingerprint density at radius 1 is 1.14 bits per heavy atom. The third kappa shape index (κ3) is 7.27. The van der Waals surface area contributed by atoms with Crippen LogP contribution in [0.5, 0.6) is 0 Å². The lowest BCUT2D eigenvalue weighted by Gasteiger charge is -2.31. The number of nitrogens with zero attached hydrogens (tertiary/aromatic N) is 2. The molecular weight excluding hydrogens is 451 g/mol. The highest BCUT2D eigenvalue weighted by atomic mass is 19.1. The monoisotopic (exact) mass is 486 g/mol. The predicted octanol–water partition coefficient (Wildman–Crippen LogP) is 4.69. The molecule has 0 aromatic carbocycles. The number of anilines is 3. The maximum atomic E-state index is 15.0. The first-order valence-corrected chi connectivity index (χ1v) is 11.8. The van der Waals surface area contributed by atoms with Crippen LogP contribution in [-0.2, 0) is 4.74 Å². The summed E-state index contributed by atoms with van der Waals surface area (Å²) in [5.74, 6) is -1.01. The van der Waals surface area contributed by atoms with Crippen LogP contribution in [0, 0.1) is 11.7 Å². The third-order valence-electron chi connectivity index (χ3n) is 5.62. The summed E-state index contributed by atoms with van der Waals surface area (Å²) < 4.78 is 20.3. The molecule has 3 rings (SSSR count). The van der Waals surface area contributed by atoms with E-state index in [-0.39, 0.29) is 23.1 Å². The van der Waals surface area contributed by atoms with Crippen LogP contribution in [0.15, 0.2) is 24.5 Å². The number of pyridine rings is 2. The number of primary amides is 1. The lowest BCUT2D eigenvalue weighted by molar-refractivity contribution is 0.0499. The zero-order chi connectivity index (χ0) is 25.9. The average Bonchev–Trinajstić information content (AvgIpc) is 3.57. The number of carbonyl (C=O) groups is 2. The second-order valence-electron chi connectivity index (χ2n) is 10.3. The number of aromatic nitrogens is 2. The van der Waals surface area contributed by atoms with Crippen molar-refractivity contribution in [2.75, 3.05) is 10.6 Å². The van der Waals surface area contributed by atoms with Crippen molar-refractivity contribution in [3.8, 4) is 0 Å². The predicted molar refractivity (Wildman–Crippen MR) is 133 cm³/mol. The van der Waals surface area contributed by atoms with Gasteiger partial charge in [-0.1, -0.05) is 13.8 Å². The summed E-state index contributed by atoms with van der Waals surface area (Å²) in [6.07, 6.45) is 5.09. The van der Waals surface area contributed by atoms with Gasteiger partial charge in [-0.05, 0) is 70.1 Å². The Morgan fingerprint density at radius 3 is 2.40 bits per heavy atom. The van der Waals surface area contributed by atoms with E-state index in [2.05, 4.69) is 25.9 Å². The Morgan fingerprint density at radius 2 is 1.83 bits per heavy atom. The summed E-state index contributed by atoms with van der Waals surface area (Å²) in [5, 5.41) is 8.94. The first-order valence-electron chi connectivity index (χ1n) is 11.8. The zero-order valence-corrected chi connectivity index (χ0v) is 21.1. The quantitative estimate of drug-likeness (QED) is 0.404. The van der Waals surface area contributed by atoms with Gasteiger partial charge in [0.2, 0.25) is 0 Å². The van der Waals surface area contributed by atoms with Crippen LogP contribution in [0.25, 0.3) is 0 Å². The fourth-order valence-electron chi connectivity index (χ4n) is 3.79. The van der Waals surface area contributed by atoms with Crippen molar-refractivity contribution < 1.29 is 18.7 Å². The molecule has 1 aliphatic carbocycles. The number of hydrogen-bond acceptors (Lipinski definition) is 7. The number of ether oxygens (including phenoxy) is 1. The van der Waals surface area contributed by atoms with E-state index in [0.29, 0.717) is 11.6 Å². The van der Waals surface area contributed by atoms with E-state index in [1.807, 2.05) is 26.1 Å². The molecule has 2 amide bonds. The molecule has 10 heteroatoms. The van der Waals surface area contributed by atoms with E-state index in [9.17, 15) is 14.0 Å². The number of halogens is 1. The highest BCUT2D eigenvalue weighted by Gasteiger charge is 2.28. The summed E-state index contributed by atoms with van der Waals surface area (Å²) >= 11 is 0. The van der Waals surface area contributed by atoms with Crippen LogP contribution in [0.1, 0.15) is 76.2 Å². The summed E-state index contributed by atoms with van der Waals surface area (Å²) in [6.45, 7) is 11.0. The lowest BCUT2D eigenvalue weighted by Crippen LogP contribution is -2.49. The summed E-state index contributed by atoms with van der Waals surface area (Å²) in [7, 11) is 0. The van der Waals surface area contributed by atoms with E-state index in [4.69, 9.17) is 10.5 Å². The minimum absolute atomic E-state index is 0.00668. The Hall–Kier alpha value is -3.43. The molecule has 1 saturated carbocycles. The largest absolute Gasteiger partial charge is 0.444 e. The Labute approximate surface area is 205 Å². The molecule has 1 fully saturated rings. The Kier molecular flexibility index (Phi) is 7.82. The van der Waals surface area contributed by atoms with Gasteiger partial charge in [0.25, 0.3) is 5.91 Å². The Balaban J connectivity index is 1.85. The van der Waals surface area contributed by atoms with Gasteiger partial charge < -0.3 is 26.4 Å². The normalized spacial score (nSPS) is 15.3. The molecule has 0 unspecified atom stereocenters. The van der Waals surface area contributed by atoms with Gasteiger partial charge in [0, 0.05) is 18.3 Å². The first kappa shape index (κ1) is 26.2. The number of nitrogens with two attached hydrogens (primary N) is 1. The molecule has 0 saturated heterocycles. The molecule has 0 spiro atoms. The van der Waals surface area contributed by atoms with Crippen molar-refractivity contribution in [1.29, 1.82) is 0 Å². The summed E-state index contributed by atoms with van der Waals surface area (Å²) in [6, 6.07) is 2.19. The lowest BCUT2D eigenvalue weighted by atomic mass is 9.97. The van der Waals surface area contributed by atoms with Gasteiger partial charge in [0.1, 0.15) is 11.4 Å². The van der Waals surface area contributed by atoms with Gasteiger partial charge >= 0.3 is 6.09 Å². The van der Waals surface area contributed by atoms with Crippen molar-refractivity contribution in [3.63, 3.8) is 0 Å². The van der Waals surface area contributed by atoms with Gasteiger partial charge in [-0.2, -0.15) is 0 Å². The van der Waals surface area contributed by atoms with Gasteiger partial charge in [-0.3, -0.25) is 9.78 Å². The Bertz CT molecular complexity index is 1080. The molecule has 2 heterocycles. The minimum atomic E-state index is -0.808. The number of alkyl carbamates (subject to hydrolysis) is 1. The number of carbonyl (C=O) groups excluding carboxylic acids is 2. The van der Waals surface area contributed by atoms with Crippen LogP contribution < -0.4 is 21.7 Å². The zero-order valence-electron chi connectivity index (χ0n) is 21.1. The van der Waals surface area contributed by atoms with Crippen LogP contribution in [0.3, 0.4) is 0 Å². The molecule has 2 aromatic rings. The molecule has 0 aliphatic heterocycles. The molecule has 0 radical (unpaired) electrons. The molecule has 35 heavy (non-hydrogen) atoms. The molecule has 9 nitrogen and oxygen atoms in total. The molecule has 2 atom stereocenters. The maximum absolute atomic E-state index is 15.0. The molecule has 5 N–H and O–H groups in total.